The number of rotatable bonds is 9. The Labute approximate surface area is 189 Å². The Morgan fingerprint density at radius 1 is 1.13 bits per heavy atom. The van der Waals surface area contributed by atoms with Gasteiger partial charge in [-0.05, 0) is 19.9 Å². The number of hydrogen-bond acceptors (Lipinski definition) is 5. The molecule has 7 nitrogen and oxygen atoms in total. The number of fused-ring (bicyclic) bond motifs is 1. The molecular weight excluding hydrogens is 425 g/mol. The Morgan fingerprint density at radius 2 is 1.87 bits per heavy atom. The van der Waals surface area contributed by atoms with Gasteiger partial charge in [-0.15, -0.1) is 24.8 Å². The Balaban J connectivity index is 0.00000225. The molecule has 0 unspecified atom stereocenters. The zero-order valence-electron chi connectivity index (χ0n) is 17.4. The molecule has 3 rings (SSSR count). The largest absolute Gasteiger partial charge is 0.383 e. The lowest BCUT2D eigenvalue weighted by Crippen LogP contribution is -2.33. The number of ether oxygens (including phenoxy) is 1. The summed E-state index contributed by atoms with van der Waals surface area (Å²) in [7, 11) is 1.67. The van der Waals surface area contributed by atoms with Crippen LogP contribution in [0.15, 0.2) is 42.6 Å². The van der Waals surface area contributed by atoms with Gasteiger partial charge >= 0.3 is 0 Å². The van der Waals surface area contributed by atoms with Crippen LogP contribution in [0.5, 0.6) is 0 Å². The molecule has 0 bridgehead atoms. The number of methoxy groups -OCH3 is 1. The van der Waals surface area contributed by atoms with Crippen molar-refractivity contribution >= 4 is 41.8 Å². The summed E-state index contributed by atoms with van der Waals surface area (Å²) in [6, 6.07) is 11.9. The molecule has 0 fully saturated rings. The van der Waals surface area contributed by atoms with Crippen LogP contribution >= 0.6 is 24.8 Å². The van der Waals surface area contributed by atoms with Gasteiger partial charge in [0.1, 0.15) is 0 Å². The number of aromatic nitrogens is 3. The van der Waals surface area contributed by atoms with E-state index in [4.69, 9.17) is 9.72 Å². The molecule has 2 heterocycles. The normalized spacial score (nSPS) is 10.5. The number of amides is 1. The summed E-state index contributed by atoms with van der Waals surface area (Å²) >= 11 is 0. The third-order valence-electron chi connectivity index (χ3n) is 4.44. The Kier molecular flexibility index (Phi) is 10.8. The van der Waals surface area contributed by atoms with Crippen LogP contribution in [0.4, 0.5) is 0 Å². The number of nitrogens with zero attached hydrogens (tertiary/aromatic N) is 3. The molecule has 0 atom stereocenters. The van der Waals surface area contributed by atoms with Crippen LogP contribution in [0.3, 0.4) is 0 Å². The standard InChI is InChI=1S/C21H27N5O2.2ClH/c1-15(2)26-20-18(14-24-26)17(21(27)23-10-9-22-11-12-28-3)13-19(25-20)16-7-5-4-6-8-16;;/h4-8,13-15,22H,9-12H2,1-3H3,(H,23,27);2*1H. The summed E-state index contributed by atoms with van der Waals surface area (Å²) < 4.78 is 6.85. The van der Waals surface area contributed by atoms with Gasteiger partial charge in [-0.1, -0.05) is 30.3 Å². The van der Waals surface area contributed by atoms with E-state index in [1.807, 2.05) is 41.1 Å². The molecule has 0 aliphatic carbocycles. The highest BCUT2D eigenvalue weighted by Gasteiger charge is 2.18. The van der Waals surface area contributed by atoms with Crippen LogP contribution in [0.25, 0.3) is 22.3 Å². The van der Waals surface area contributed by atoms with Crippen LogP contribution in [0.2, 0.25) is 0 Å². The molecule has 1 aromatic carbocycles. The SMILES string of the molecule is COCCNCCNC(=O)c1cc(-c2ccccc2)nc2c1cnn2C(C)C.Cl.Cl. The number of nitrogens with one attached hydrogen (secondary N) is 2. The van der Waals surface area contributed by atoms with Crippen molar-refractivity contribution in [2.24, 2.45) is 0 Å². The summed E-state index contributed by atoms with van der Waals surface area (Å²) in [6.45, 7) is 6.72. The number of carbonyl (C=O) groups is 1. The van der Waals surface area contributed by atoms with Gasteiger partial charge in [-0.2, -0.15) is 5.10 Å². The Morgan fingerprint density at radius 3 is 2.53 bits per heavy atom. The van der Waals surface area contributed by atoms with Crippen molar-refractivity contribution in [3.8, 4) is 11.3 Å². The van der Waals surface area contributed by atoms with E-state index in [1.54, 1.807) is 13.3 Å². The first-order chi connectivity index (χ1) is 13.6. The summed E-state index contributed by atoms with van der Waals surface area (Å²) in [6.07, 6.45) is 1.73. The predicted octanol–water partition coefficient (Wildman–Crippen LogP) is 3.49. The number of benzene rings is 1. The third-order valence-corrected chi connectivity index (χ3v) is 4.44. The minimum atomic E-state index is -0.124. The van der Waals surface area contributed by atoms with Crippen LogP contribution in [0, 0.1) is 0 Å². The molecule has 3 aromatic rings. The van der Waals surface area contributed by atoms with Gasteiger partial charge in [-0.3, -0.25) is 4.79 Å². The average Bonchev–Trinajstić information content (AvgIpc) is 3.14. The molecule has 9 heteroatoms. The highest BCUT2D eigenvalue weighted by Crippen LogP contribution is 2.26. The molecule has 30 heavy (non-hydrogen) atoms. The third kappa shape index (κ3) is 6.15. The molecular formula is C21H29Cl2N5O2. The van der Waals surface area contributed by atoms with E-state index in [2.05, 4.69) is 29.6 Å². The molecule has 2 N–H and O–H groups in total. The monoisotopic (exact) mass is 453 g/mol. The maximum Gasteiger partial charge on any atom is 0.252 e. The van der Waals surface area contributed by atoms with Crippen molar-refractivity contribution in [3.05, 3.63) is 48.2 Å². The van der Waals surface area contributed by atoms with Gasteiger partial charge < -0.3 is 15.4 Å². The molecule has 0 radical (unpaired) electrons. The fourth-order valence-electron chi connectivity index (χ4n) is 3.00. The first-order valence-electron chi connectivity index (χ1n) is 9.53. The molecule has 0 aliphatic heterocycles. The lowest BCUT2D eigenvalue weighted by molar-refractivity contribution is 0.0955. The molecule has 1 amide bonds. The fraction of sp³-hybridized carbons (Fsp3) is 0.381. The molecule has 0 spiro atoms. The Bertz CT molecular complexity index is 932. The van der Waals surface area contributed by atoms with Gasteiger partial charge in [0.2, 0.25) is 0 Å². The van der Waals surface area contributed by atoms with Crippen LogP contribution in [-0.2, 0) is 4.74 Å². The second-order valence-corrected chi connectivity index (χ2v) is 6.84. The van der Waals surface area contributed by atoms with E-state index >= 15 is 0 Å². The maximum absolute atomic E-state index is 12.9. The van der Waals surface area contributed by atoms with E-state index in [0.717, 1.165) is 28.8 Å². The van der Waals surface area contributed by atoms with E-state index in [1.165, 1.54) is 0 Å². The Hall–Kier alpha value is -2.19. The molecule has 2 aromatic heterocycles. The van der Waals surface area contributed by atoms with E-state index < -0.39 is 0 Å². The van der Waals surface area contributed by atoms with Gasteiger partial charge in [0, 0.05) is 38.3 Å². The smallest absolute Gasteiger partial charge is 0.252 e. The van der Waals surface area contributed by atoms with Crippen molar-refractivity contribution in [2.45, 2.75) is 19.9 Å². The number of hydrogen-bond donors (Lipinski definition) is 2. The van der Waals surface area contributed by atoms with Gasteiger partial charge in [0.15, 0.2) is 5.65 Å². The zero-order chi connectivity index (χ0) is 19.9. The van der Waals surface area contributed by atoms with Crippen molar-refractivity contribution < 1.29 is 9.53 Å². The first kappa shape index (κ1) is 25.8. The van der Waals surface area contributed by atoms with E-state index in [0.29, 0.717) is 25.3 Å². The lowest BCUT2D eigenvalue weighted by atomic mass is 10.1. The van der Waals surface area contributed by atoms with Crippen LogP contribution in [-0.4, -0.2) is 54.0 Å². The second-order valence-electron chi connectivity index (χ2n) is 6.84. The van der Waals surface area contributed by atoms with E-state index in [-0.39, 0.29) is 36.8 Å². The average molecular weight is 454 g/mol. The van der Waals surface area contributed by atoms with Crippen molar-refractivity contribution in [1.82, 2.24) is 25.4 Å². The molecule has 0 saturated carbocycles. The first-order valence-corrected chi connectivity index (χ1v) is 9.53. The summed E-state index contributed by atoms with van der Waals surface area (Å²) in [5.41, 5.74) is 3.04. The minimum absolute atomic E-state index is 0. The van der Waals surface area contributed by atoms with Crippen LogP contribution in [0.1, 0.15) is 30.2 Å². The topological polar surface area (TPSA) is 81.1 Å². The van der Waals surface area contributed by atoms with Gasteiger partial charge in [0.25, 0.3) is 5.91 Å². The summed E-state index contributed by atoms with van der Waals surface area (Å²) in [5.74, 6) is -0.124. The number of halogens is 2. The zero-order valence-corrected chi connectivity index (χ0v) is 19.1. The van der Waals surface area contributed by atoms with Crippen LogP contribution < -0.4 is 10.6 Å². The molecule has 0 saturated heterocycles. The predicted molar refractivity (Wildman–Crippen MR) is 125 cm³/mol. The highest BCUT2D eigenvalue weighted by atomic mass is 35.5. The lowest BCUT2D eigenvalue weighted by Gasteiger charge is -2.11. The van der Waals surface area contributed by atoms with Gasteiger partial charge in [0.05, 0.1) is 29.4 Å². The number of carbonyl (C=O) groups excluding carboxylic acids is 1. The quantitative estimate of drug-likeness (QED) is 0.484. The highest BCUT2D eigenvalue weighted by molar-refractivity contribution is 6.06. The minimum Gasteiger partial charge on any atom is -0.383 e. The van der Waals surface area contributed by atoms with Crippen molar-refractivity contribution in [1.29, 1.82) is 0 Å². The van der Waals surface area contributed by atoms with E-state index in [9.17, 15) is 4.79 Å². The second kappa shape index (κ2) is 12.5. The van der Waals surface area contributed by atoms with Gasteiger partial charge in [-0.25, -0.2) is 9.67 Å². The van der Waals surface area contributed by atoms with Crippen molar-refractivity contribution in [3.63, 3.8) is 0 Å². The number of pyridine rings is 1. The maximum atomic E-state index is 12.9. The summed E-state index contributed by atoms with van der Waals surface area (Å²) in [4.78, 5) is 17.7. The van der Waals surface area contributed by atoms with Crippen molar-refractivity contribution in [2.75, 3.05) is 33.4 Å². The molecule has 164 valence electrons. The molecule has 0 aliphatic rings. The summed E-state index contributed by atoms with van der Waals surface area (Å²) in [5, 5.41) is 11.4. The fourth-order valence-corrected chi connectivity index (χ4v) is 3.00.